The third-order valence-corrected chi connectivity index (χ3v) is 6.29. The highest BCUT2D eigenvalue weighted by molar-refractivity contribution is 7.92. The first-order valence-corrected chi connectivity index (χ1v) is 11.5. The summed E-state index contributed by atoms with van der Waals surface area (Å²) >= 11 is 6.15. The number of hydrogen-bond donors (Lipinski definition) is 2. The van der Waals surface area contributed by atoms with Crippen LogP contribution >= 0.6 is 11.6 Å². The molecular weight excluding hydrogens is 452 g/mol. The van der Waals surface area contributed by atoms with E-state index in [1.165, 1.54) is 30.3 Å². The number of benzene rings is 3. The lowest BCUT2D eigenvalue weighted by molar-refractivity contribution is 0.0526. The van der Waals surface area contributed by atoms with Gasteiger partial charge in [-0.15, -0.1) is 0 Å². The Morgan fingerprint density at radius 3 is 2.34 bits per heavy atom. The van der Waals surface area contributed by atoms with E-state index in [1.807, 2.05) is 0 Å². The Hall–Kier alpha value is -3.36. The van der Waals surface area contributed by atoms with E-state index in [2.05, 4.69) is 10.0 Å². The standard InChI is InChI=1S/C23H21ClN2O5S/c1-3-31-23(28)19-13-12-16(14-20(19)24)25-22(27)18-10-7-11-21(15(18)2)26-32(29,30)17-8-5-4-6-9-17/h4-14,26H,3H2,1-2H3,(H,25,27). The fourth-order valence-corrected chi connectivity index (χ4v) is 4.36. The van der Waals surface area contributed by atoms with E-state index in [4.69, 9.17) is 16.3 Å². The van der Waals surface area contributed by atoms with Crippen molar-refractivity contribution in [1.29, 1.82) is 0 Å². The first kappa shape index (κ1) is 23.3. The molecule has 0 spiro atoms. The molecule has 0 bridgehead atoms. The van der Waals surface area contributed by atoms with E-state index >= 15 is 0 Å². The molecule has 0 radical (unpaired) electrons. The summed E-state index contributed by atoms with van der Waals surface area (Å²) in [6.45, 7) is 3.56. The van der Waals surface area contributed by atoms with Crippen LogP contribution < -0.4 is 10.0 Å². The molecule has 32 heavy (non-hydrogen) atoms. The second-order valence-corrected chi connectivity index (χ2v) is 8.86. The van der Waals surface area contributed by atoms with Gasteiger partial charge in [0.25, 0.3) is 15.9 Å². The maximum absolute atomic E-state index is 12.8. The minimum absolute atomic E-state index is 0.116. The number of halogens is 1. The lowest BCUT2D eigenvalue weighted by Crippen LogP contribution is -2.17. The van der Waals surface area contributed by atoms with Crippen molar-refractivity contribution < 1.29 is 22.7 Å². The molecule has 0 aliphatic rings. The third-order valence-electron chi connectivity index (χ3n) is 4.60. The summed E-state index contributed by atoms with van der Waals surface area (Å²) in [5, 5.41) is 2.85. The minimum atomic E-state index is -3.80. The average Bonchev–Trinajstić information content (AvgIpc) is 2.76. The number of carbonyl (C=O) groups excluding carboxylic acids is 2. The Kier molecular flexibility index (Phi) is 7.17. The molecule has 0 saturated carbocycles. The van der Waals surface area contributed by atoms with E-state index < -0.39 is 21.9 Å². The summed E-state index contributed by atoms with van der Waals surface area (Å²) < 4.78 is 32.7. The second-order valence-electron chi connectivity index (χ2n) is 6.77. The molecule has 3 aromatic rings. The molecule has 0 aliphatic heterocycles. The summed E-state index contributed by atoms with van der Waals surface area (Å²) in [4.78, 5) is 24.8. The highest BCUT2D eigenvalue weighted by Crippen LogP contribution is 2.25. The van der Waals surface area contributed by atoms with Crippen molar-refractivity contribution in [2.75, 3.05) is 16.6 Å². The number of ether oxygens (including phenoxy) is 1. The first-order chi connectivity index (χ1) is 15.2. The Morgan fingerprint density at radius 2 is 1.69 bits per heavy atom. The van der Waals surface area contributed by atoms with Crippen molar-refractivity contribution in [2.45, 2.75) is 18.7 Å². The molecule has 0 saturated heterocycles. The zero-order valence-electron chi connectivity index (χ0n) is 17.4. The zero-order valence-corrected chi connectivity index (χ0v) is 19.0. The summed E-state index contributed by atoms with van der Waals surface area (Å²) in [6.07, 6.45) is 0. The lowest BCUT2D eigenvalue weighted by atomic mass is 10.1. The van der Waals surface area contributed by atoms with E-state index in [0.29, 0.717) is 11.3 Å². The van der Waals surface area contributed by atoms with Crippen molar-refractivity contribution in [2.24, 2.45) is 0 Å². The Balaban J connectivity index is 1.81. The molecule has 3 rings (SSSR count). The molecule has 166 valence electrons. The normalized spacial score (nSPS) is 11.0. The fraction of sp³-hybridized carbons (Fsp3) is 0.130. The minimum Gasteiger partial charge on any atom is -0.462 e. The molecule has 1 amide bonds. The quantitative estimate of drug-likeness (QED) is 0.477. The molecule has 7 nitrogen and oxygen atoms in total. The summed E-state index contributed by atoms with van der Waals surface area (Å²) in [6, 6.07) is 17.1. The van der Waals surface area contributed by atoms with Gasteiger partial charge in [0.05, 0.1) is 27.8 Å². The van der Waals surface area contributed by atoms with Crippen molar-refractivity contribution >= 4 is 44.9 Å². The number of esters is 1. The van der Waals surface area contributed by atoms with Crippen molar-refractivity contribution in [3.05, 3.63) is 88.4 Å². The summed E-state index contributed by atoms with van der Waals surface area (Å²) in [5.41, 5.74) is 1.60. The van der Waals surface area contributed by atoms with Crippen LogP contribution in [0.5, 0.6) is 0 Å². The van der Waals surface area contributed by atoms with Crippen LogP contribution in [0, 0.1) is 6.92 Å². The predicted molar refractivity (Wildman–Crippen MR) is 124 cm³/mol. The Bertz CT molecular complexity index is 1260. The van der Waals surface area contributed by atoms with Crippen molar-refractivity contribution in [3.63, 3.8) is 0 Å². The molecule has 0 heterocycles. The Morgan fingerprint density at radius 1 is 0.969 bits per heavy atom. The van der Waals surface area contributed by atoms with Gasteiger partial charge in [0.1, 0.15) is 0 Å². The maximum Gasteiger partial charge on any atom is 0.339 e. The van der Waals surface area contributed by atoms with E-state index in [-0.39, 0.29) is 33.3 Å². The van der Waals surface area contributed by atoms with Gasteiger partial charge in [-0.25, -0.2) is 13.2 Å². The molecule has 0 aromatic heterocycles. The van der Waals surface area contributed by atoms with E-state index in [9.17, 15) is 18.0 Å². The third kappa shape index (κ3) is 5.27. The highest BCUT2D eigenvalue weighted by atomic mass is 35.5. The van der Waals surface area contributed by atoms with Gasteiger partial charge in [0.15, 0.2) is 0 Å². The molecule has 9 heteroatoms. The van der Waals surface area contributed by atoms with Crippen molar-refractivity contribution in [3.8, 4) is 0 Å². The number of amides is 1. The SMILES string of the molecule is CCOC(=O)c1ccc(NC(=O)c2cccc(NS(=O)(=O)c3ccccc3)c2C)cc1Cl. The monoisotopic (exact) mass is 472 g/mol. The van der Waals surface area contributed by atoms with Crippen LogP contribution in [0.15, 0.2) is 71.6 Å². The summed E-state index contributed by atoms with van der Waals surface area (Å²) in [7, 11) is -3.80. The van der Waals surface area contributed by atoms with Crippen LogP contribution in [-0.2, 0) is 14.8 Å². The molecule has 0 fully saturated rings. The maximum atomic E-state index is 12.8. The largest absolute Gasteiger partial charge is 0.462 e. The van der Waals surface area contributed by atoms with E-state index in [1.54, 1.807) is 50.2 Å². The number of anilines is 2. The van der Waals surface area contributed by atoms with Gasteiger partial charge >= 0.3 is 5.97 Å². The van der Waals surface area contributed by atoms with Crippen LogP contribution in [0.3, 0.4) is 0 Å². The van der Waals surface area contributed by atoms with Gasteiger partial charge in [0.2, 0.25) is 0 Å². The summed E-state index contributed by atoms with van der Waals surface area (Å²) in [5.74, 6) is -1.01. The number of carbonyl (C=O) groups is 2. The van der Waals surface area contributed by atoms with Crippen LogP contribution in [0.2, 0.25) is 5.02 Å². The van der Waals surface area contributed by atoms with Gasteiger partial charge in [-0.3, -0.25) is 9.52 Å². The van der Waals surface area contributed by atoms with Gasteiger partial charge in [-0.05, 0) is 61.9 Å². The molecule has 2 N–H and O–H groups in total. The highest BCUT2D eigenvalue weighted by Gasteiger charge is 2.18. The molecule has 0 unspecified atom stereocenters. The fourth-order valence-electron chi connectivity index (χ4n) is 2.96. The first-order valence-electron chi connectivity index (χ1n) is 9.68. The van der Waals surface area contributed by atoms with Crippen LogP contribution in [0.4, 0.5) is 11.4 Å². The van der Waals surface area contributed by atoms with E-state index in [0.717, 1.165) is 0 Å². The van der Waals surface area contributed by atoms with Crippen molar-refractivity contribution in [1.82, 2.24) is 0 Å². The number of sulfonamides is 1. The van der Waals surface area contributed by atoms with Gasteiger partial charge in [0, 0.05) is 11.3 Å². The number of rotatable bonds is 7. The molecular formula is C23H21ClN2O5S. The molecule has 0 atom stereocenters. The smallest absolute Gasteiger partial charge is 0.339 e. The predicted octanol–water partition coefficient (Wildman–Crippen LogP) is 4.88. The van der Waals surface area contributed by atoms with Gasteiger partial charge in [-0.1, -0.05) is 35.9 Å². The van der Waals surface area contributed by atoms with Crippen LogP contribution in [0.25, 0.3) is 0 Å². The number of nitrogens with one attached hydrogen (secondary N) is 2. The second kappa shape index (κ2) is 9.84. The number of hydrogen-bond acceptors (Lipinski definition) is 5. The lowest BCUT2D eigenvalue weighted by Gasteiger charge is -2.14. The zero-order chi connectivity index (χ0) is 23.3. The van der Waals surface area contributed by atoms with Gasteiger partial charge in [-0.2, -0.15) is 0 Å². The topological polar surface area (TPSA) is 102 Å². The van der Waals surface area contributed by atoms with Gasteiger partial charge < -0.3 is 10.1 Å². The molecule has 0 aliphatic carbocycles. The van der Waals surface area contributed by atoms with Crippen LogP contribution in [-0.4, -0.2) is 26.9 Å². The molecule has 3 aromatic carbocycles. The average molecular weight is 473 g/mol. The van der Waals surface area contributed by atoms with Crippen LogP contribution in [0.1, 0.15) is 33.2 Å². The Labute approximate surface area is 191 Å².